The van der Waals surface area contributed by atoms with E-state index >= 15 is 0 Å². The minimum atomic E-state index is -4.32. The zero-order valence-corrected chi connectivity index (χ0v) is 31.5. The number of rotatable bonds is 15. The van der Waals surface area contributed by atoms with Gasteiger partial charge in [-0.05, 0) is 89.0 Å². The summed E-state index contributed by atoms with van der Waals surface area (Å²) in [7, 11) is -8.57. The lowest BCUT2D eigenvalue weighted by molar-refractivity contribution is -0.155. The van der Waals surface area contributed by atoms with Crippen LogP contribution in [0, 0.1) is 0 Å². The van der Waals surface area contributed by atoms with Crippen LogP contribution in [0.15, 0.2) is 52.3 Å². The highest BCUT2D eigenvalue weighted by molar-refractivity contribution is 8.93. The fourth-order valence-corrected chi connectivity index (χ4v) is 9.28. The lowest BCUT2D eigenvalue weighted by Crippen LogP contribution is -2.63. The number of carbonyl (C=O) groups excluding carboxylic acids is 1. The molecule has 2 aromatic rings. The minimum Gasteiger partial charge on any atom is -0.480 e. The number of nitrogens with one attached hydrogen (secondary N) is 3. The molecule has 50 heavy (non-hydrogen) atoms. The molecule has 9 N–H and O–H groups in total. The normalized spacial score (nSPS) is 21.5. The Kier molecular flexibility index (Phi) is 14.2. The van der Waals surface area contributed by atoms with Gasteiger partial charge in [0.2, 0.25) is 26.0 Å². The summed E-state index contributed by atoms with van der Waals surface area (Å²) < 4.78 is 53.2. The van der Waals surface area contributed by atoms with Crippen molar-refractivity contribution >= 4 is 72.2 Å². The molecule has 0 radical (unpaired) electrons. The number of halogens is 2. The third-order valence-corrected chi connectivity index (χ3v) is 12.0. The smallest absolute Gasteiger partial charge is 0.326 e. The predicted molar refractivity (Wildman–Crippen MR) is 192 cm³/mol. The molecule has 1 fully saturated rings. The Labute approximate surface area is 307 Å². The van der Waals surface area contributed by atoms with Gasteiger partial charge in [-0.3, -0.25) is 14.9 Å². The van der Waals surface area contributed by atoms with E-state index < -0.39 is 72.6 Å². The summed E-state index contributed by atoms with van der Waals surface area (Å²) in [5.74, 6) is -2.95. The van der Waals surface area contributed by atoms with Crippen LogP contribution < -0.4 is 26.2 Å². The first-order chi connectivity index (χ1) is 23.0. The van der Waals surface area contributed by atoms with E-state index in [-0.39, 0.29) is 71.1 Å². The first kappa shape index (κ1) is 41.6. The van der Waals surface area contributed by atoms with Gasteiger partial charge in [0.1, 0.15) is 27.5 Å². The van der Waals surface area contributed by atoms with Crippen LogP contribution in [-0.4, -0.2) is 86.2 Å². The summed E-state index contributed by atoms with van der Waals surface area (Å²) in [6, 6.07) is 7.36. The van der Waals surface area contributed by atoms with Crippen molar-refractivity contribution < 1.29 is 41.4 Å². The molecule has 2 aromatic carbocycles. The number of nitrogens with two attached hydrogens (primary N) is 2. The summed E-state index contributed by atoms with van der Waals surface area (Å²) in [5, 5.41) is 31.2. The molecule has 1 saturated carbocycles. The first-order valence-corrected chi connectivity index (χ1v) is 19.3. The summed E-state index contributed by atoms with van der Waals surface area (Å²) in [4.78, 5) is 39.3. The Hall–Kier alpha value is -2.84. The Morgan fingerprint density at radius 3 is 2.28 bits per heavy atom. The van der Waals surface area contributed by atoms with Crippen LogP contribution in [0.4, 0.5) is 5.69 Å². The zero-order chi connectivity index (χ0) is 36.1. The van der Waals surface area contributed by atoms with Gasteiger partial charge in [0.25, 0.3) is 0 Å². The van der Waals surface area contributed by atoms with E-state index in [1.165, 1.54) is 17.9 Å². The van der Waals surface area contributed by atoms with Crippen molar-refractivity contribution in [1.29, 1.82) is 0 Å². The molecular weight excluding hydrogens is 780 g/mol. The lowest BCUT2D eigenvalue weighted by Gasteiger charge is -2.48. The number of aliphatic carboxylic acids is 2. The Morgan fingerprint density at radius 1 is 1.08 bits per heavy atom. The van der Waals surface area contributed by atoms with Crippen molar-refractivity contribution in [3.63, 3.8) is 0 Å². The number of nitrogens with zero attached hydrogens (tertiary/aromatic N) is 1. The van der Waals surface area contributed by atoms with Gasteiger partial charge in [-0.2, -0.15) is 4.72 Å². The number of anilines is 1. The highest BCUT2D eigenvalue weighted by atomic mass is 79.9. The largest absolute Gasteiger partial charge is 0.480 e. The molecule has 1 aliphatic heterocycles. The van der Waals surface area contributed by atoms with Crippen LogP contribution >= 0.6 is 28.6 Å². The molecule has 3 atom stereocenters. The van der Waals surface area contributed by atoms with Gasteiger partial charge < -0.3 is 26.2 Å². The third-order valence-electron chi connectivity index (χ3n) is 9.03. The molecule has 1 amide bonds. The number of fused-ring (bicyclic) bond motifs is 1. The van der Waals surface area contributed by atoms with Crippen molar-refractivity contribution in [2.75, 3.05) is 11.9 Å². The maximum absolute atomic E-state index is 14.1. The molecule has 278 valence electrons. The number of hydrogen-bond donors (Lipinski definition) is 7. The van der Waals surface area contributed by atoms with E-state index in [9.17, 15) is 41.4 Å². The van der Waals surface area contributed by atoms with E-state index in [2.05, 4.69) is 15.4 Å². The van der Waals surface area contributed by atoms with Gasteiger partial charge in [0.15, 0.2) is 0 Å². The molecule has 1 unspecified atom stereocenters. The predicted octanol–water partition coefficient (Wildman–Crippen LogP) is 2.38. The molecule has 1 aliphatic carbocycles. The fourth-order valence-electron chi connectivity index (χ4n) is 6.55. The highest BCUT2D eigenvalue weighted by Crippen LogP contribution is 2.41. The number of carboxylic acid groups (broad SMARTS) is 2. The zero-order valence-electron chi connectivity index (χ0n) is 27.4. The molecule has 0 saturated heterocycles. The summed E-state index contributed by atoms with van der Waals surface area (Å²) in [5.41, 5.74) is 5.41. The second kappa shape index (κ2) is 17.1. The van der Waals surface area contributed by atoms with Gasteiger partial charge in [-0.15, -0.1) is 17.0 Å². The molecule has 19 heteroatoms. The molecule has 0 bridgehead atoms. The number of carbonyl (C=O) groups is 3. The third kappa shape index (κ3) is 9.93. The van der Waals surface area contributed by atoms with Gasteiger partial charge >= 0.3 is 11.9 Å². The van der Waals surface area contributed by atoms with Crippen LogP contribution in [0.5, 0.6) is 0 Å². The second-order valence-corrected chi connectivity index (χ2v) is 16.1. The van der Waals surface area contributed by atoms with Crippen LogP contribution in [0.2, 0.25) is 5.02 Å². The van der Waals surface area contributed by atoms with Crippen LogP contribution in [0.3, 0.4) is 0 Å². The van der Waals surface area contributed by atoms with Crippen LogP contribution in [0.1, 0.15) is 63.9 Å². The summed E-state index contributed by atoms with van der Waals surface area (Å²) >= 11 is 6.15. The molecule has 0 aromatic heterocycles. The quantitative estimate of drug-likeness (QED) is 0.128. The maximum Gasteiger partial charge on any atom is 0.326 e. The number of primary sulfonamides is 1. The molecule has 1 heterocycles. The van der Waals surface area contributed by atoms with Crippen molar-refractivity contribution in [2.24, 2.45) is 10.9 Å². The maximum atomic E-state index is 14.1. The van der Waals surface area contributed by atoms with E-state index in [0.29, 0.717) is 25.8 Å². The summed E-state index contributed by atoms with van der Waals surface area (Å²) in [6.07, 6.45) is 2.34. The molecule has 15 nitrogen and oxygen atoms in total. The number of hydrogen-bond acceptors (Lipinski definition) is 10. The van der Waals surface area contributed by atoms with Crippen LogP contribution in [0.25, 0.3) is 0 Å². The summed E-state index contributed by atoms with van der Waals surface area (Å²) in [6.45, 7) is 1.84. The van der Waals surface area contributed by atoms with E-state index in [4.69, 9.17) is 22.5 Å². The van der Waals surface area contributed by atoms with Crippen molar-refractivity contribution in [1.82, 2.24) is 14.9 Å². The SMILES string of the molecule is Br.C[C@H](N[C@@H](CCc1ccccc1)C(=O)O)C(=O)N(C1CCC2(CC1)Nc1cc(Cl)c(S(N)(=O)=O)cc1S(=O)(=O)N2)C(CCCCN)C(=O)O. The van der Waals surface area contributed by atoms with E-state index in [1.54, 1.807) is 0 Å². The average Bonchev–Trinajstić information content (AvgIpc) is 3.02. The number of unbranched alkanes of at least 4 members (excludes halogenated alkanes) is 1. The van der Waals surface area contributed by atoms with E-state index in [0.717, 1.165) is 11.6 Å². The molecule has 2 aliphatic rings. The highest BCUT2D eigenvalue weighted by Gasteiger charge is 2.47. The topological polar surface area (TPSA) is 251 Å². The number of benzene rings is 2. The Morgan fingerprint density at radius 2 is 1.72 bits per heavy atom. The second-order valence-electron chi connectivity index (χ2n) is 12.6. The molecule has 1 spiro atoms. The van der Waals surface area contributed by atoms with Gasteiger partial charge in [0, 0.05) is 6.04 Å². The monoisotopic (exact) mass is 822 g/mol. The van der Waals surface area contributed by atoms with Crippen LogP contribution in [-0.2, 0) is 40.9 Å². The molecular formula is C31H44BrClN6O9S2. The van der Waals surface area contributed by atoms with Gasteiger partial charge in [0.05, 0.1) is 16.8 Å². The number of carboxylic acids is 2. The van der Waals surface area contributed by atoms with Crippen molar-refractivity contribution in [3.8, 4) is 0 Å². The van der Waals surface area contributed by atoms with Crippen molar-refractivity contribution in [3.05, 3.63) is 53.1 Å². The number of aryl methyl sites for hydroxylation is 1. The average molecular weight is 824 g/mol. The number of amides is 1. The fraction of sp³-hybridized carbons (Fsp3) is 0.516. The van der Waals surface area contributed by atoms with Crippen molar-refractivity contribution in [2.45, 2.75) is 104 Å². The Bertz CT molecular complexity index is 1760. The first-order valence-electron chi connectivity index (χ1n) is 15.9. The van der Waals surface area contributed by atoms with Gasteiger partial charge in [-0.1, -0.05) is 41.9 Å². The van der Waals surface area contributed by atoms with Gasteiger partial charge in [-0.25, -0.2) is 26.8 Å². The standard InChI is InChI=1S/C31H43ClN6O9S2.BrH/c1-19(35-23(29(40)41)11-10-20-7-3-2-4-8-20)28(39)38(25(30(42)43)9-5-6-16-33)21-12-14-31(15-13-21)36-24-17-22(32)26(48(34,44)45)18-27(24)49(46,47)37-31;/h2-4,7-8,17-19,21,23,25,35-37H,5-6,9-16,33H2,1H3,(H,40,41)(H,42,43)(H2,34,44,45);1H/t19-,21?,23-,25?,31?;/m0./s1. The number of sulfonamides is 2. The Balaban J connectivity index is 0.00000676. The molecule has 4 rings (SSSR count). The minimum absolute atomic E-state index is 0. The lowest BCUT2D eigenvalue weighted by atomic mass is 9.84. The van der Waals surface area contributed by atoms with E-state index in [1.807, 2.05) is 30.3 Å².